The summed E-state index contributed by atoms with van der Waals surface area (Å²) in [5.74, 6) is -1.86. The molecule has 75 heavy (non-hydrogen) atoms. The Hall–Kier alpha value is -5.55. The summed E-state index contributed by atoms with van der Waals surface area (Å²) in [7, 11) is 5.80. The van der Waals surface area contributed by atoms with Crippen molar-refractivity contribution in [3.63, 3.8) is 0 Å². The molecule has 408 valence electrons. The lowest BCUT2D eigenvalue weighted by atomic mass is 9.81. The van der Waals surface area contributed by atoms with Crippen molar-refractivity contribution in [3.8, 4) is 28.1 Å². The van der Waals surface area contributed by atoms with Crippen LogP contribution in [0.3, 0.4) is 0 Å². The van der Waals surface area contributed by atoms with Gasteiger partial charge in [-0.25, -0.2) is 5.43 Å². The Balaban J connectivity index is 1.19. The SMILES string of the molecule is CCn1c(-c2cc(N3CCN(C)CC3)cnc2C(C)OC)c(CC(C)(C)COC=O)c2cc(-c3cc(O)cc(CC(NC(=O)C(C(=O)N4CCC(NC)C4C(C)(C)C)C4CCCC4)C(=O)N4CCCCN4)c3)ccc21. The number of hydrazine groups is 1. The molecule has 4 N–H and O–H groups in total. The van der Waals surface area contributed by atoms with Crippen LogP contribution in [0.4, 0.5) is 5.69 Å². The average Bonchev–Trinajstić information content (AvgIpc) is 4.16. The largest absolute Gasteiger partial charge is 0.508 e. The molecule has 4 fully saturated rings. The zero-order valence-corrected chi connectivity index (χ0v) is 46.5. The van der Waals surface area contributed by atoms with Crippen molar-refractivity contribution in [1.29, 1.82) is 0 Å². The van der Waals surface area contributed by atoms with Crippen LogP contribution in [0.1, 0.15) is 116 Å². The molecule has 16 nitrogen and oxygen atoms in total. The number of likely N-dealkylation sites (tertiary alicyclic amines) is 1. The first kappa shape index (κ1) is 55.7. The van der Waals surface area contributed by atoms with Crippen LogP contribution in [0.25, 0.3) is 33.3 Å². The Labute approximate surface area is 445 Å². The van der Waals surface area contributed by atoms with Gasteiger partial charge < -0.3 is 44.5 Å². The number of piperazine rings is 1. The highest BCUT2D eigenvalue weighted by Gasteiger charge is 2.48. The first-order chi connectivity index (χ1) is 35.9. The van der Waals surface area contributed by atoms with Crippen LogP contribution in [-0.2, 0) is 48.0 Å². The number of nitrogens with zero attached hydrogens (tertiary/aromatic N) is 6. The van der Waals surface area contributed by atoms with Crippen LogP contribution in [0.15, 0.2) is 48.7 Å². The van der Waals surface area contributed by atoms with Gasteiger partial charge in [0.15, 0.2) is 0 Å². The summed E-state index contributed by atoms with van der Waals surface area (Å²) in [4.78, 5) is 68.0. The number of hydrogen-bond donors (Lipinski definition) is 4. The smallest absolute Gasteiger partial charge is 0.293 e. The van der Waals surface area contributed by atoms with Gasteiger partial charge in [-0.3, -0.25) is 29.2 Å². The maximum atomic E-state index is 15.0. The molecule has 5 atom stereocenters. The molecule has 16 heteroatoms. The summed E-state index contributed by atoms with van der Waals surface area (Å²) >= 11 is 0. The Kier molecular flexibility index (Phi) is 17.6. The number of likely N-dealkylation sites (N-methyl/N-ethyl adjacent to an activating group) is 2. The number of anilines is 1. The number of fused-ring (bicyclic) bond motifs is 1. The van der Waals surface area contributed by atoms with Crippen molar-refractivity contribution < 1.29 is 33.8 Å². The van der Waals surface area contributed by atoms with E-state index < -0.39 is 23.3 Å². The summed E-state index contributed by atoms with van der Waals surface area (Å²) < 4.78 is 13.8. The van der Waals surface area contributed by atoms with E-state index in [2.05, 4.69) is 103 Å². The number of carbonyl (C=O) groups is 4. The number of methoxy groups -OCH3 is 1. The van der Waals surface area contributed by atoms with Gasteiger partial charge in [-0.05, 0) is 130 Å². The molecule has 1 aliphatic carbocycles. The number of nitrogens with one attached hydrogen (secondary N) is 3. The third kappa shape index (κ3) is 12.3. The Morgan fingerprint density at radius 3 is 2.32 bits per heavy atom. The molecule has 4 aromatic rings. The van der Waals surface area contributed by atoms with Crippen LogP contribution in [0, 0.1) is 22.7 Å². The van der Waals surface area contributed by atoms with Gasteiger partial charge >= 0.3 is 0 Å². The summed E-state index contributed by atoms with van der Waals surface area (Å²) in [6, 6.07) is 13.0. The van der Waals surface area contributed by atoms with Crippen molar-refractivity contribution >= 4 is 40.8 Å². The lowest BCUT2D eigenvalue weighted by Gasteiger charge is -2.40. The van der Waals surface area contributed by atoms with Gasteiger partial charge in [0.1, 0.15) is 17.7 Å². The van der Waals surface area contributed by atoms with Crippen molar-refractivity contribution in [2.24, 2.45) is 22.7 Å². The number of aromatic nitrogens is 2. The highest BCUT2D eigenvalue weighted by molar-refractivity contribution is 6.02. The number of phenols is 1. The maximum absolute atomic E-state index is 15.0. The van der Waals surface area contributed by atoms with E-state index in [0.29, 0.717) is 44.6 Å². The molecule has 3 amide bonds. The molecular formula is C59H85N9O7. The number of aryl methyl sites for hydroxylation is 1. The molecule has 5 unspecified atom stereocenters. The molecule has 4 aliphatic rings. The molecular weight excluding hydrogens is 947 g/mol. The van der Waals surface area contributed by atoms with E-state index in [4.69, 9.17) is 14.5 Å². The van der Waals surface area contributed by atoms with E-state index in [9.17, 15) is 24.3 Å². The van der Waals surface area contributed by atoms with Gasteiger partial charge in [-0.1, -0.05) is 59.6 Å². The maximum Gasteiger partial charge on any atom is 0.293 e. The van der Waals surface area contributed by atoms with E-state index in [-0.39, 0.29) is 60.1 Å². The van der Waals surface area contributed by atoms with E-state index in [1.165, 1.54) is 0 Å². The normalized spacial score (nSPS) is 20.4. The molecule has 3 aliphatic heterocycles. The van der Waals surface area contributed by atoms with Gasteiger partial charge in [-0.15, -0.1) is 0 Å². The fourth-order valence-corrected chi connectivity index (χ4v) is 12.7. The zero-order chi connectivity index (χ0) is 53.8. The topological polar surface area (TPSA) is 174 Å². The predicted octanol–water partition coefficient (Wildman–Crippen LogP) is 7.49. The number of benzene rings is 2. The van der Waals surface area contributed by atoms with Gasteiger partial charge in [0.2, 0.25) is 11.8 Å². The number of pyridine rings is 1. The monoisotopic (exact) mass is 1030 g/mol. The van der Waals surface area contributed by atoms with Crippen LogP contribution in [0.2, 0.25) is 0 Å². The standard InChI is InChI=1S/C59H85N9O7/c1-11-66-50-19-18-41(32-45(50)47(34-59(6,7)36-75-37-69)53(66)46-33-43(35-61-52(46)38(2)74-10)65-26-24-64(9)25-27-65)42-28-39(29-44(70)31-42)30-49(56(72)68-22-15-14-21-62-68)63-55(71)51(40-16-12-13-17-40)57(73)67-23-20-48(60-8)54(67)58(3,4)5/h18-19,28-29,31-33,35,37-38,40,48-49,51,54,60,62,70H,11-17,20-27,30,34,36H2,1-10H3,(H,63,71). The van der Waals surface area contributed by atoms with E-state index in [1.807, 2.05) is 31.1 Å². The molecule has 2 aromatic heterocycles. The summed E-state index contributed by atoms with van der Waals surface area (Å²) in [6.45, 7) is 21.6. The minimum absolute atomic E-state index is 0.0285. The van der Waals surface area contributed by atoms with Crippen molar-refractivity contribution in [2.75, 3.05) is 78.5 Å². The predicted molar refractivity (Wildman–Crippen MR) is 295 cm³/mol. The lowest BCUT2D eigenvalue weighted by Crippen LogP contribution is -2.59. The van der Waals surface area contributed by atoms with Crippen molar-refractivity contribution in [2.45, 2.75) is 137 Å². The third-order valence-corrected chi connectivity index (χ3v) is 16.5. The fourth-order valence-electron chi connectivity index (χ4n) is 12.7. The zero-order valence-electron chi connectivity index (χ0n) is 46.5. The quantitative estimate of drug-likeness (QED) is 0.0540. The molecule has 5 heterocycles. The molecule has 8 rings (SSSR count). The van der Waals surface area contributed by atoms with Crippen molar-refractivity contribution in [3.05, 3.63) is 65.5 Å². The van der Waals surface area contributed by atoms with Crippen LogP contribution in [-0.4, -0.2) is 145 Å². The average molecular weight is 1030 g/mol. The van der Waals surface area contributed by atoms with Gasteiger partial charge in [0.05, 0.1) is 42.0 Å². The molecule has 0 radical (unpaired) electrons. The van der Waals surface area contributed by atoms with Gasteiger partial charge in [0.25, 0.3) is 12.4 Å². The first-order valence-electron chi connectivity index (χ1n) is 27.7. The number of carbonyl (C=O) groups excluding carboxylic acids is 4. The van der Waals surface area contributed by atoms with E-state index in [0.717, 1.165) is 121 Å². The number of aromatic hydroxyl groups is 1. The summed E-state index contributed by atoms with van der Waals surface area (Å²) in [5, 5.41) is 20.8. The lowest BCUT2D eigenvalue weighted by molar-refractivity contribution is -0.149. The first-order valence-corrected chi connectivity index (χ1v) is 27.7. The van der Waals surface area contributed by atoms with Crippen LogP contribution < -0.4 is 21.0 Å². The minimum Gasteiger partial charge on any atom is -0.508 e. The van der Waals surface area contributed by atoms with Crippen LogP contribution in [0.5, 0.6) is 5.75 Å². The highest BCUT2D eigenvalue weighted by atomic mass is 16.5. The second-order valence-electron chi connectivity index (χ2n) is 23.7. The number of amides is 3. The highest BCUT2D eigenvalue weighted by Crippen LogP contribution is 2.44. The molecule has 2 aromatic carbocycles. The van der Waals surface area contributed by atoms with E-state index >= 15 is 0 Å². The molecule has 0 spiro atoms. The minimum atomic E-state index is -1.01. The number of hydrogen-bond acceptors (Lipinski definition) is 12. The number of ether oxygens (including phenoxy) is 2. The third-order valence-electron chi connectivity index (χ3n) is 16.5. The number of phenolic OH excluding ortho intramolecular Hbond substituents is 1. The van der Waals surface area contributed by atoms with Crippen LogP contribution >= 0.6 is 0 Å². The Morgan fingerprint density at radius 2 is 1.67 bits per heavy atom. The number of rotatable bonds is 19. The van der Waals surface area contributed by atoms with Crippen molar-refractivity contribution in [1.82, 2.24) is 40.4 Å². The van der Waals surface area contributed by atoms with Gasteiger partial charge in [-0.2, -0.15) is 0 Å². The molecule has 1 saturated carbocycles. The summed E-state index contributed by atoms with van der Waals surface area (Å²) in [6.07, 6.45) is 8.35. The second-order valence-corrected chi connectivity index (χ2v) is 23.7. The Bertz CT molecular complexity index is 2660. The molecule has 0 bridgehead atoms. The fraction of sp³-hybridized carbons (Fsp3) is 0.610. The Morgan fingerprint density at radius 1 is 0.920 bits per heavy atom. The van der Waals surface area contributed by atoms with E-state index in [1.54, 1.807) is 24.3 Å². The second kappa shape index (κ2) is 23.8. The summed E-state index contributed by atoms with van der Waals surface area (Å²) in [5.41, 5.74) is 10.8. The molecule has 3 saturated heterocycles. The van der Waals surface area contributed by atoms with Gasteiger partial charge in [0, 0.05) is 93.8 Å².